The van der Waals surface area contributed by atoms with Gasteiger partial charge in [0.1, 0.15) is 0 Å². The molecule has 0 aliphatic heterocycles. The molecule has 0 heterocycles. The Morgan fingerprint density at radius 1 is 1.16 bits per heavy atom. The monoisotopic (exact) mass is 290 g/mol. The van der Waals surface area contributed by atoms with E-state index in [0.717, 1.165) is 19.3 Å². The van der Waals surface area contributed by atoms with Crippen molar-refractivity contribution in [2.24, 2.45) is 23.7 Å². The van der Waals surface area contributed by atoms with E-state index in [9.17, 15) is 9.46 Å². The van der Waals surface area contributed by atoms with Crippen molar-refractivity contribution in [1.29, 1.82) is 0 Å². The highest BCUT2D eigenvalue weighted by Crippen LogP contribution is 2.51. The van der Waals surface area contributed by atoms with Crippen LogP contribution in [-0.2, 0) is 13.6 Å². The standard InChI is InChI=1S/C14H27O4P/c1-10-8-11(2)14(12(10)3)18-19(15,16)17-9-13-6-4-5-7-13/h10-14H,4-9H2,1-3H3,(H,15,16)/t10-,11+,12-,14?/m1/s1. The molecule has 2 aliphatic rings. The maximum absolute atomic E-state index is 12.0. The molecular weight excluding hydrogens is 263 g/mol. The van der Waals surface area contributed by atoms with Gasteiger partial charge in [0, 0.05) is 0 Å². The fourth-order valence-electron chi connectivity index (χ4n) is 3.54. The fraction of sp³-hybridized carbons (Fsp3) is 1.00. The van der Waals surface area contributed by atoms with Gasteiger partial charge in [0.2, 0.25) is 0 Å². The highest BCUT2D eigenvalue weighted by atomic mass is 31.2. The van der Waals surface area contributed by atoms with Crippen LogP contribution in [0.2, 0.25) is 0 Å². The maximum atomic E-state index is 12.0. The molecule has 2 aliphatic carbocycles. The number of rotatable bonds is 5. The lowest BCUT2D eigenvalue weighted by Gasteiger charge is -2.24. The normalized spacial score (nSPS) is 39.6. The van der Waals surface area contributed by atoms with E-state index in [2.05, 4.69) is 20.8 Å². The summed E-state index contributed by atoms with van der Waals surface area (Å²) in [7, 11) is -3.90. The summed E-state index contributed by atoms with van der Waals surface area (Å²) in [5, 5.41) is 0. The van der Waals surface area contributed by atoms with Gasteiger partial charge in [0.15, 0.2) is 0 Å². The molecule has 112 valence electrons. The lowest BCUT2D eigenvalue weighted by Crippen LogP contribution is -2.22. The first-order valence-electron chi connectivity index (χ1n) is 7.55. The summed E-state index contributed by atoms with van der Waals surface area (Å²) in [6.07, 6.45) is 5.52. The molecule has 0 radical (unpaired) electrons. The van der Waals surface area contributed by atoms with Gasteiger partial charge in [-0.2, -0.15) is 0 Å². The molecule has 0 amide bonds. The Labute approximate surface area is 116 Å². The van der Waals surface area contributed by atoms with Gasteiger partial charge in [-0.15, -0.1) is 0 Å². The highest BCUT2D eigenvalue weighted by molar-refractivity contribution is 7.47. The second-order valence-corrected chi connectivity index (χ2v) is 7.94. The SMILES string of the molecule is C[C@@H]1C[C@H](C)C(OP(=O)(O)OCC2CCCC2)[C@@H]1C. The van der Waals surface area contributed by atoms with Crippen LogP contribution in [0, 0.1) is 23.7 Å². The summed E-state index contributed by atoms with van der Waals surface area (Å²) in [4.78, 5) is 9.87. The number of hydrogen-bond acceptors (Lipinski definition) is 3. The van der Waals surface area contributed by atoms with Gasteiger partial charge in [-0.1, -0.05) is 33.6 Å². The fourth-order valence-corrected chi connectivity index (χ4v) is 4.71. The first-order valence-corrected chi connectivity index (χ1v) is 9.04. The Morgan fingerprint density at radius 2 is 1.79 bits per heavy atom. The lowest BCUT2D eigenvalue weighted by atomic mass is 9.99. The van der Waals surface area contributed by atoms with E-state index in [1.54, 1.807) is 0 Å². The number of phosphoric ester groups is 1. The van der Waals surface area contributed by atoms with Crippen LogP contribution in [0.4, 0.5) is 0 Å². The molecule has 0 saturated heterocycles. The molecule has 0 aromatic rings. The highest BCUT2D eigenvalue weighted by Gasteiger charge is 2.41. The molecule has 1 N–H and O–H groups in total. The van der Waals surface area contributed by atoms with Crippen LogP contribution < -0.4 is 0 Å². The van der Waals surface area contributed by atoms with Crippen molar-refractivity contribution < 1.29 is 18.5 Å². The average molecular weight is 290 g/mol. The van der Waals surface area contributed by atoms with Crippen LogP contribution in [0.15, 0.2) is 0 Å². The first kappa shape index (κ1) is 15.5. The van der Waals surface area contributed by atoms with Gasteiger partial charge < -0.3 is 4.89 Å². The molecule has 0 aromatic heterocycles. The van der Waals surface area contributed by atoms with Crippen molar-refractivity contribution in [3.63, 3.8) is 0 Å². The van der Waals surface area contributed by atoms with Gasteiger partial charge in [-0.25, -0.2) is 4.57 Å². The molecule has 0 bridgehead atoms. The lowest BCUT2D eigenvalue weighted by molar-refractivity contribution is 0.0570. The number of phosphoric acid groups is 1. The third-order valence-corrected chi connectivity index (χ3v) is 5.91. The molecule has 2 unspecified atom stereocenters. The molecule has 0 spiro atoms. The molecule has 2 rings (SSSR count). The molecule has 19 heavy (non-hydrogen) atoms. The van der Waals surface area contributed by atoms with Crippen LogP contribution in [0.3, 0.4) is 0 Å². The first-order chi connectivity index (χ1) is 8.89. The van der Waals surface area contributed by atoms with E-state index in [4.69, 9.17) is 9.05 Å². The zero-order chi connectivity index (χ0) is 14.0. The largest absolute Gasteiger partial charge is 0.472 e. The van der Waals surface area contributed by atoms with Crippen LogP contribution in [0.5, 0.6) is 0 Å². The summed E-state index contributed by atoms with van der Waals surface area (Å²) < 4.78 is 22.7. The second-order valence-electron chi connectivity index (χ2n) is 6.53. The Morgan fingerprint density at radius 3 is 2.32 bits per heavy atom. The average Bonchev–Trinajstić information content (AvgIpc) is 2.92. The van der Waals surface area contributed by atoms with Gasteiger partial charge in [0.25, 0.3) is 0 Å². The maximum Gasteiger partial charge on any atom is 0.472 e. The van der Waals surface area contributed by atoms with Gasteiger partial charge in [0.05, 0.1) is 12.7 Å². The van der Waals surface area contributed by atoms with E-state index in [1.807, 2.05) is 0 Å². The molecule has 4 nitrogen and oxygen atoms in total. The van der Waals surface area contributed by atoms with E-state index in [0.29, 0.717) is 30.3 Å². The van der Waals surface area contributed by atoms with Crippen LogP contribution >= 0.6 is 7.82 Å². The summed E-state index contributed by atoms with van der Waals surface area (Å²) in [6.45, 7) is 6.71. The topological polar surface area (TPSA) is 55.8 Å². The second kappa shape index (κ2) is 6.26. The molecule has 0 aromatic carbocycles. The minimum atomic E-state index is -3.90. The van der Waals surface area contributed by atoms with Crippen LogP contribution in [0.1, 0.15) is 52.9 Å². The van der Waals surface area contributed by atoms with Crippen molar-refractivity contribution in [1.82, 2.24) is 0 Å². The summed E-state index contributed by atoms with van der Waals surface area (Å²) >= 11 is 0. The predicted octanol–water partition coefficient (Wildman–Crippen LogP) is 3.99. The van der Waals surface area contributed by atoms with E-state index < -0.39 is 7.82 Å². The zero-order valence-electron chi connectivity index (χ0n) is 12.2. The third kappa shape index (κ3) is 4.04. The summed E-state index contributed by atoms with van der Waals surface area (Å²) in [6, 6.07) is 0. The Balaban J connectivity index is 1.84. The molecule has 2 saturated carbocycles. The van der Waals surface area contributed by atoms with E-state index in [-0.39, 0.29) is 6.10 Å². The quantitative estimate of drug-likeness (QED) is 0.778. The molecule has 5 heteroatoms. The molecule has 5 atom stereocenters. The smallest absolute Gasteiger partial charge is 0.302 e. The third-order valence-electron chi connectivity index (χ3n) is 4.92. The van der Waals surface area contributed by atoms with E-state index >= 15 is 0 Å². The zero-order valence-corrected chi connectivity index (χ0v) is 13.1. The Bertz CT molecular complexity index is 340. The number of hydrogen-bond donors (Lipinski definition) is 1. The van der Waals surface area contributed by atoms with Crippen LogP contribution in [-0.4, -0.2) is 17.6 Å². The van der Waals surface area contributed by atoms with Crippen molar-refractivity contribution >= 4 is 7.82 Å². The van der Waals surface area contributed by atoms with Crippen molar-refractivity contribution in [3.05, 3.63) is 0 Å². The van der Waals surface area contributed by atoms with Crippen molar-refractivity contribution in [3.8, 4) is 0 Å². The molecule has 2 fully saturated rings. The minimum Gasteiger partial charge on any atom is -0.302 e. The van der Waals surface area contributed by atoms with Crippen molar-refractivity contribution in [2.45, 2.75) is 59.0 Å². The Hall–Kier alpha value is 0.110. The molecular formula is C14H27O4P. The summed E-state index contributed by atoms with van der Waals surface area (Å²) in [5.41, 5.74) is 0. The van der Waals surface area contributed by atoms with Gasteiger partial charge in [-0.05, 0) is 42.9 Å². The van der Waals surface area contributed by atoms with Crippen molar-refractivity contribution in [2.75, 3.05) is 6.61 Å². The summed E-state index contributed by atoms with van der Waals surface area (Å²) in [5.74, 6) is 1.60. The Kier molecular flexibility index (Phi) is 5.10. The van der Waals surface area contributed by atoms with E-state index in [1.165, 1.54) is 12.8 Å². The minimum absolute atomic E-state index is 0.158. The van der Waals surface area contributed by atoms with Gasteiger partial charge in [-0.3, -0.25) is 9.05 Å². The van der Waals surface area contributed by atoms with Crippen LogP contribution in [0.25, 0.3) is 0 Å². The predicted molar refractivity (Wildman–Crippen MR) is 74.7 cm³/mol. The van der Waals surface area contributed by atoms with Gasteiger partial charge >= 0.3 is 7.82 Å².